The van der Waals surface area contributed by atoms with E-state index in [0.717, 1.165) is 35.8 Å². The van der Waals surface area contributed by atoms with Crippen molar-refractivity contribution >= 4 is 16.9 Å². The number of hydrogen-bond acceptors (Lipinski definition) is 5. The molecule has 0 aliphatic rings. The molecule has 3 rings (SSSR count). The van der Waals surface area contributed by atoms with Crippen molar-refractivity contribution in [2.24, 2.45) is 7.05 Å². The van der Waals surface area contributed by atoms with Gasteiger partial charge in [0.05, 0.1) is 18.1 Å². The zero-order valence-corrected chi connectivity index (χ0v) is 10.9. The number of hydrogen-bond donors (Lipinski definition) is 1. The summed E-state index contributed by atoms with van der Waals surface area (Å²) in [7, 11) is 1.88. The molecule has 0 amide bonds. The molecule has 0 aromatic carbocycles. The van der Waals surface area contributed by atoms with Crippen LogP contribution in [-0.4, -0.2) is 36.1 Å². The van der Waals surface area contributed by atoms with Crippen LogP contribution in [0.1, 0.15) is 5.82 Å². The SMILES string of the molecule is Cc1nc(NCCn2cccn2)c2cnn(C)c2n1. The smallest absolute Gasteiger partial charge is 0.163 e. The highest BCUT2D eigenvalue weighted by molar-refractivity contribution is 5.86. The van der Waals surface area contributed by atoms with Gasteiger partial charge in [0.25, 0.3) is 0 Å². The van der Waals surface area contributed by atoms with E-state index in [0.29, 0.717) is 0 Å². The zero-order chi connectivity index (χ0) is 13.2. The quantitative estimate of drug-likeness (QED) is 0.754. The average molecular weight is 257 g/mol. The van der Waals surface area contributed by atoms with Crippen LogP contribution >= 0.6 is 0 Å². The summed E-state index contributed by atoms with van der Waals surface area (Å²) in [5, 5.41) is 12.6. The highest BCUT2D eigenvalue weighted by Gasteiger charge is 2.09. The fourth-order valence-corrected chi connectivity index (χ4v) is 1.99. The summed E-state index contributed by atoms with van der Waals surface area (Å²) in [6, 6.07) is 1.91. The van der Waals surface area contributed by atoms with Crippen LogP contribution in [0.15, 0.2) is 24.7 Å². The van der Waals surface area contributed by atoms with Gasteiger partial charge in [-0.25, -0.2) is 9.97 Å². The van der Waals surface area contributed by atoms with E-state index in [1.165, 1.54) is 0 Å². The molecule has 0 aliphatic heterocycles. The van der Waals surface area contributed by atoms with Crippen LogP contribution < -0.4 is 5.32 Å². The van der Waals surface area contributed by atoms with Crippen molar-refractivity contribution in [3.05, 3.63) is 30.5 Å². The number of nitrogens with zero attached hydrogens (tertiary/aromatic N) is 6. The van der Waals surface area contributed by atoms with Crippen LogP contribution in [0.5, 0.6) is 0 Å². The lowest BCUT2D eigenvalue weighted by atomic mass is 10.3. The monoisotopic (exact) mass is 257 g/mol. The van der Waals surface area contributed by atoms with Crippen LogP contribution in [0.25, 0.3) is 11.0 Å². The van der Waals surface area contributed by atoms with Crippen molar-refractivity contribution < 1.29 is 0 Å². The van der Waals surface area contributed by atoms with Gasteiger partial charge in [-0.05, 0) is 13.0 Å². The molecule has 0 fully saturated rings. The van der Waals surface area contributed by atoms with Crippen molar-refractivity contribution in [3.63, 3.8) is 0 Å². The molecule has 19 heavy (non-hydrogen) atoms. The minimum Gasteiger partial charge on any atom is -0.367 e. The van der Waals surface area contributed by atoms with E-state index in [1.54, 1.807) is 17.1 Å². The Morgan fingerprint density at radius 3 is 2.95 bits per heavy atom. The molecule has 0 radical (unpaired) electrons. The lowest BCUT2D eigenvalue weighted by molar-refractivity contribution is 0.637. The standard InChI is InChI=1S/C12H15N7/c1-9-16-11(10-8-15-18(2)12(10)17-9)13-5-7-19-6-3-4-14-19/h3-4,6,8H,5,7H2,1-2H3,(H,13,16,17). The molecule has 0 unspecified atom stereocenters. The first-order chi connectivity index (χ1) is 9.24. The van der Waals surface area contributed by atoms with Crippen LogP contribution in [-0.2, 0) is 13.6 Å². The number of rotatable bonds is 4. The lowest BCUT2D eigenvalue weighted by Crippen LogP contribution is -2.12. The third kappa shape index (κ3) is 2.26. The number of fused-ring (bicyclic) bond motifs is 1. The molecular formula is C12H15N7. The number of aryl methyl sites for hydroxylation is 2. The minimum atomic E-state index is 0.734. The van der Waals surface area contributed by atoms with Crippen molar-refractivity contribution in [2.45, 2.75) is 13.5 Å². The topological polar surface area (TPSA) is 73.5 Å². The van der Waals surface area contributed by atoms with Crippen LogP contribution in [0.3, 0.4) is 0 Å². The Kier molecular flexibility index (Phi) is 2.86. The van der Waals surface area contributed by atoms with Crippen molar-refractivity contribution in [1.82, 2.24) is 29.5 Å². The highest BCUT2D eigenvalue weighted by atomic mass is 15.3. The molecule has 1 N–H and O–H groups in total. The van der Waals surface area contributed by atoms with Crippen molar-refractivity contribution in [2.75, 3.05) is 11.9 Å². The molecular weight excluding hydrogens is 242 g/mol. The van der Waals surface area contributed by atoms with Gasteiger partial charge in [-0.3, -0.25) is 9.36 Å². The Morgan fingerprint density at radius 2 is 2.16 bits per heavy atom. The third-order valence-corrected chi connectivity index (χ3v) is 2.90. The predicted octanol–water partition coefficient (Wildman–Crippen LogP) is 0.980. The first-order valence-electron chi connectivity index (χ1n) is 6.11. The van der Waals surface area contributed by atoms with Gasteiger partial charge in [0.15, 0.2) is 5.65 Å². The Bertz CT molecular complexity index is 683. The maximum absolute atomic E-state index is 4.43. The Balaban J connectivity index is 1.80. The predicted molar refractivity (Wildman–Crippen MR) is 71.8 cm³/mol. The second-order valence-corrected chi connectivity index (χ2v) is 4.32. The van der Waals surface area contributed by atoms with Gasteiger partial charge in [0, 0.05) is 26.0 Å². The van der Waals surface area contributed by atoms with Gasteiger partial charge in [0.2, 0.25) is 0 Å². The Hall–Kier alpha value is -2.44. The molecule has 0 aliphatic carbocycles. The molecule has 7 heteroatoms. The summed E-state index contributed by atoms with van der Waals surface area (Å²) in [4.78, 5) is 8.81. The third-order valence-electron chi connectivity index (χ3n) is 2.90. The summed E-state index contributed by atoms with van der Waals surface area (Å²) < 4.78 is 3.63. The second kappa shape index (κ2) is 4.68. The maximum atomic E-state index is 4.43. The Labute approximate surface area is 110 Å². The molecule has 0 spiro atoms. The molecule has 0 bridgehead atoms. The summed E-state index contributed by atoms with van der Waals surface area (Å²) in [5.74, 6) is 1.56. The molecule has 3 heterocycles. The fourth-order valence-electron chi connectivity index (χ4n) is 1.99. The molecule has 0 saturated heterocycles. The largest absolute Gasteiger partial charge is 0.367 e. The average Bonchev–Trinajstić information content (AvgIpc) is 3.00. The van der Waals surface area contributed by atoms with E-state index in [4.69, 9.17) is 0 Å². The number of nitrogens with one attached hydrogen (secondary N) is 1. The minimum absolute atomic E-state index is 0.734. The second-order valence-electron chi connectivity index (χ2n) is 4.32. The van der Waals surface area contributed by atoms with E-state index in [9.17, 15) is 0 Å². The molecule has 0 saturated carbocycles. The van der Waals surface area contributed by atoms with E-state index in [2.05, 4.69) is 25.5 Å². The molecule has 98 valence electrons. The normalized spacial score (nSPS) is 11.1. The first-order valence-corrected chi connectivity index (χ1v) is 6.11. The van der Waals surface area contributed by atoms with Gasteiger partial charge in [0.1, 0.15) is 11.6 Å². The van der Waals surface area contributed by atoms with Crippen molar-refractivity contribution in [3.8, 4) is 0 Å². The van der Waals surface area contributed by atoms with Crippen LogP contribution in [0.4, 0.5) is 5.82 Å². The van der Waals surface area contributed by atoms with E-state index in [-0.39, 0.29) is 0 Å². The summed E-state index contributed by atoms with van der Waals surface area (Å²) in [5.41, 5.74) is 0.842. The lowest BCUT2D eigenvalue weighted by Gasteiger charge is -2.07. The zero-order valence-electron chi connectivity index (χ0n) is 10.9. The van der Waals surface area contributed by atoms with Gasteiger partial charge in [-0.15, -0.1) is 0 Å². The molecule has 0 atom stereocenters. The maximum Gasteiger partial charge on any atom is 0.163 e. The van der Waals surface area contributed by atoms with E-state index >= 15 is 0 Å². The van der Waals surface area contributed by atoms with Gasteiger partial charge in [-0.1, -0.05) is 0 Å². The summed E-state index contributed by atoms with van der Waals surface area (Å²) >= 11 is 0. The summed E-state index contributed by atoms with van der Waals surface area (Å²) in [6.45, 7) is 3.42. The van der Waals surface area contributed by atoms with Gasteiger partial charge >= 0.3 is 0 Å². The molecule has 3 aromatic rings. The Morgan fingerprint density at radius 1 is 1.26 bits per heavy atom. The van der Waals surface area contributed by atoms with Gasteiger partial charge in [-0.2, -0.15) is 10.2 Å². The van der Waals surface area contributed by atoms with Gasteiger partial charge < -0.3 is 5.32 Å². The fraction of sp³-hybridized carbons (Fsp3) is 0.333. The number of aromatic nitrogens is 6. The summed E-state index contributed by atoms with van der Waals surface area (Å²) in [6.07, 6.45) is 5.49. The number of anilines is 1. The van der Waals surface area contributed by atoms with E-state index < -0.39 is 0 Å². The van der Waals surface area contributed by atoms with Crippen LogP contribution in [0.2, 0.25) is 0 Å². The highest BCUT2D eigenvalue weighted by Crippen LogP contribution is 2.18. The van der Waals surface area contributed by atoms with Crippen molar-refractivity contribution in [1.29, 1.82) is 0 Å². The molecule has 7 nitrogen and oxygen atoms in total. The first kappa shape index (κ1) is 11.6. The van der Waals surface area contributed by atoms with Crippen LogP contribution in [0, 0.1) is 6.92 Å². The molecule has 3 aromatic heterocycles. The van der Waals surface area contributed by atoms with E-state index in [1.807, 2.05) is 30.9 Å².